The molecule has 3 atom stereocenters. The highest BCUT2D eigenvalue weighted by atomic mass is 16.4. The van der Waals surface area contributed by atoms with Crippen LogP contribution in [0.4, 0.5) is 0 Å². The van der Waals surface area contributed by atoms with Crippen LogP contribution in [0.15, 0.2) is 35.5 Å². The lowest BCUT2D eigenvalue weighted by molar-refractivity contribution is -0.123. The van der Waals surface area contributed by atoms with Gasteiger partial charge in [0.2, 0.25) is 5.91 Å². The number of nitrogens with one attached hydrogen (secondary N) is 1. The fourth-order valence-corrected chi connectivity index (χ4v) is 2.06. The third-order valence-electron chi connectivity index (χ3n) is 3.51. The molecule has 2 rings (SSSR count). The summed E-state index contributed by atoms with van der Waals surface area (Å²) in [6, 6.07) is 9.79. The van der Waals surface area contributed by atoms with Gasteiger partial charge in [0.05, 0.1) is 0 Å². The second kappa shape index (κ2) is 5.73. The normalized spacial score (nSPS) is 23.7. The van der Waals surface area contributed by atoms with Gasteiger partial charge in [-0.3, -0.25) is 4.79 Å². The van der Waals surface area contributed by atoms with Gasteiger partial charge in [0, 0.05) is 6.04 Å². The molecule has 3 unspecified atom stereocenters. The molecule has 1 saturated carbocycles. The molecule has 1 aliphatic rings. The molecule has 0 saturated heterocycles. The van der Waals surface area contributed by atoms with E-state index in [9.17, 15) is 4.79 Å². The summed E-state index contributed by atoms with van der Waals surface area (Å²) in [5.74, 6) is -0.322. The second-order valence-corrected chi connectivity index (χ2v) is 5.10. The van der Waals surface area contributed by atoms with Crippen molar-refractivity contribution in [2.75, 3.05) is 0 Å². The number of benzene rings is 1. The van der Waals surface area contributed by atoms with E-state index in [1.807, 2.05) is 30.3 Å². The van der Waals surface area contributed by atoms with Crippen molar-refractivity contribution in [1.82, 2.24) is 5.32 Å². The van der Waals surface area contributed by atoms with Crippen molar-refractivity contribution in [2.24, 2.45) is 22.7 Å². The smallest absolute Gasteiger partial charge is 0.231 e. The van der Waals surface area contributed by atoms with Gasteiger partial charge >= 0.3 is 0 Å². The van der Waals surface area contributed by atoms with Crippen LogP contribution >= 0.6 is 0 Å². The number of carbonyl (C=O) groups is 1. The number of hydrogen-bond acceptors (Lipinski definition) is 3. The largest absolute Gasteiger partial charge is 0.409 e. The Bertz CT molecular complexity index is 473. The predicted molar refractivity (Wildman–Crippen MR) is 72.8 cm³/mol. The summed E-state index contributed by atoms with van der Waals surface area (Å²) in [7, 11) is 0. The van der Waals surface area contributed by atoms with E-state index in [4.69, 9.17) is 10.9 Å². The average Bonchev–Trinajstić information content (AvgIpc) is 3.11. The molecule has 4 N–H and O–H groups in total. The molecule has 19 heavy (non-hydrogen) atoms. The minimum Gasteiger partial charge on any atom is -0.409 e. The summed E-state index contributed by atoms with van der Waals surface area (Å²) in [5.41, 5.74) is 6.62. The summed E-state index contributed by atoms with van der Waals surface area (Å²) in [6.07, 6.45) is 1.43. The number of oxime groups is 1. The van der Waals surface area contributed by atoms with Crippen molar-refractivity contribution in [3.63, 3.8) is 0 Å². The molecule has 0 aromatic heterocycles. The Morgan fingerprint density at radius 3 is 2.68 bits per heavy atom. The molecule has 1 aliphatic carbocycles. The van der Waals surface area contributed by atoms with Crippen LogP contribution in [-0.4, -0.2) is 23.0 Å². The van der Waals surface area contributed by atoms with E-state index in [1.54, 1.807) is 0 Å². The molecule has 5 heteroatoms. The van der Waals surface area contributed by atoms with Gasteiger partial charge in [-0.15, -0.1) is 0 Å². The number of amides is 1. The van der Waals surface area contributed by atoms with E-state index in [0.717, 1.165) is 12.0 Å². The van der Waals surface area contributed by atoms with Crippen LogP contribution in [0.2, 0.25) is 0 Å². The van der Waals surface area contributed by atoms with E-state index in [1.165, 1.54) is 0 Å². The highest BCUT2D eigenvalue weighted by Gasteiger charge is 2.36. The minimum atomic E-state index is -0.625. The molecule has 102 valence electrons. The van der Waals surface area contributed by atoms with Crippen molar-refractivity contribution < 1.29 is 10.0 Å². The van der Waals surface area contributed by atoms with E-state index >= 15 is 0 Å². The number of amidine groups is 1. The fourth-order valence-electron chi connectivity index (χ4n) is 2.06. The Morgan fingerprint density at radius 1 is 1.53 bits per heavy atom. The molecular weight excluding hydrogens is 242 g/mol. The van der Waals surface area contributed by atoms with Gasteiger partial charge in [-0.2, -0.15) is 0 Å². The van der Waals surface area contributed by atoms with Gasteiger partial charge in [0.15, 0.2) is 5.84 Å². The third kappa shape index (κ3) is 3.47. The Labute approximate surface area is 112 Å². The Morgan fingerprint density at radius 2 is 2.16 bits per heavy atom. The molecule has 1 aromatic rings. The van der Waals surface area contributed by atoms with Crippen LogP contribution in [0.5, 0.6) is 0 Å². The minimum absolute atomic E-state index is 0.0466. The quantitative estimate of drug-likeness (QED) is 0.321. The first-order valence-electron chi connectivity index (χ1n) is 6.43. The lowest BCUT2D eigenvalue weighted by Crippen LogP contribution is -2.41. The van der Waals surface area contributed by atoms with E-state index < -0.39 is 5.92 Å². The number of hydrogen-bond donors (Lipinski definition) is 3. The topological polar surface area (TPSA) is 87.7 Å². The molecule has 1 amide bonds. The molecule has 5 nitrogen and oxygen atoms in total. The first-order valence-corrected chi connectivity index (χ1v) is 6.43. The maximum absolute atomic E-state index is 12.2. The number of rotatable bonds is 5. The van der Waals surface area contributed by atoms with Gasteiger partial charge in [0.25, 0.3) is 0 Å². The maximum atomic E-state index is 12.2. The third-order valence-corrected chi connectivity index (χ3v) is 3.51. The van der Waals surface area contributed by atoms with E-state index in [0.29, 0.717) is 12.3 Å². The first kappa shape index (κ1) is 13.4. The van der Waals surface area contributed by atoms with Crippen LogP contribution in [0.3, 0.4) is 0 Å². The molecule has 1 fully saturated rings. The Balaban J connectivity index is 2.05. The van der Waals surface area contributed by atoms with Gasteiger partial charge in [-0.05, 0) is 24.3 Å². The summed E-state index contributed by atoms with van der Waals surface area (Å²) >= 11 is 0. The fraction of sp³-hybridized carbons (Fsp3) is 0.429. The summed E-state index contributed by atoms with van der Waals surface area (Å²) in [4.78, 5) is 12.2. The zero-order chi connectivity index (χ0) is 13.8. The van der Waals surface area contributed by atoms with Gasteiger partial charge in [-0.1, -0.05) is 42.4 Å². The number of carbonyl (C=O) groups excluding carboxylic acids is 1. The highest BCUT2D eigenvalue weighted by Crippen LogP contribution is 2.29. The van der Waals surface area contributed by atoms with Crippen LogP contribution in [-0.2, 0) is 11.2 Å². The monoisotopic (exact) mass is 261 g/mol. The standard InChI is InChI=1S/C14H19N3O2/c1-9-7-12(9)16-14(18)11(13(15)17-19)8-10-5-3-2-4-6-10/h2-6,9,11-12,19H,7-8H2,1H3,(H2,15,17)(H,16,18). The summed E-state index contributed by atoms with van der Waals surface area (Å²) < 4.78 is 0. The van der Waals surface area contributed by atoms with Crippen molar-refractivity contribution in [3.8, 4) is 0 Å². The maximum Gasteiger partial charge on any atom is 0.231 e. The van der Waals surface area contributed by atoms with Crippen molar-refractivity contribution in [3.05, 3.63) is 35.9 Å². The molecular formula is C14H19N3O2. The SMILES string of the molecule is CC1CC1NC(=O)C(Cc1ccccc1)C(N)=NO. The van der Waals surface area contributed by atoms with Crippen LogP contribution < -0.4 is 11.1 Å². The molecule has 0 heterocycles. The molecule has 0 spiro atoms. The van der Waals surface area contributed by atoms with Crippen molar-refractivity contribution in [2.45, 2.75) is 25.8 Å². The van der Waals surface area contributed by atoms with Crippen LogP contribution in [0.1, 0.15) is 18.9 Å². The molecule has 0 bridgehead atoms. The lowest BCUT2D eigenvalue weighted by Gasteiger charge is -2.15. The van der Waals surface area contributed by atoms with Crippen molar-refractivity contribution >= 4 is 11.7 Å². The van der Waals surface area contributed by atoms with Gasteiger partial charge in [0.1, 0.15) is 5.92 Å². The predicted octanol–water partition coefficient (Wildman–Crippen LogP) is 1.12. The van der Waals surface area contributed by atoms with Crippen LogP contribution in [0.25, 0.3) is 0 Å². The summed E-state index contributed by atoms with van der Waals surface area (Å²) in [6.45, 7) is 2.08. The van der Waals surface area contributed by atoms with E-state index in [2.05, 4.69) is 17.4 Å². The summed E-state index contributed by atoms with van der Waals surface area (Å²) in [5, 5.41) is 14.7. The average molecular weight is 261 g/mol. The molecule has 0 aliphatic heterocycles. The highest BCUT2D eigenvalue weighted by molar-refractivity contribution is 6.02. The number of nitrogens with two attached hydrogens (primary N) is 1. The number of nitrogens with zero attached hydrogens (tertiary/aromatic N) is 1. The van der Waals surface area contributed by atoms with E-state index in [-0.39, 0.29) is 17.8 Å². The second-order valence-electron chi connectivity index (χ2n) is 5.10. The van der Waals surface area contributed by atoms with Crippen molar-refractivity contribution in [1.29, 1.82) is 0 Å². The Kier molecular flexibility index (Phi) is 4.04. The lowest BCUT2D eigenvalue weighted by atomic mass is 9.97. The Hall–Kier alpha value is -2.04. The molecule has 0 radical (unpaired) electrons. The zero-order valence-corrected chi connectivity index (χ0v) is 10.9. The van der Waals surface area contributed by atoms with Gasteiger partial charge in [-0.25, -0.2) is 0 Å². The van der Waals surface area contributed by atoms with Gasteiger partial charge < -0.3 is 16.3 Å². The molecule has 1 aromatic carbocycles. The first-order chi connectivity index (χ1) is 9.11. The zero-order valence-electron chi connectivity index (χ0n) is 10.9. The van der Waals surface area contributed by atoms with Crippen LogP contribution in [0, 0.1) is 11.8 Å².